The minimum Gasteiger partial charge on any atom is -0.497 e. The van der Waals surface area contributed by atoms with Crippen LogP contribution in [0.25, 0.3) is 0 Å². The highest BCUT2D eigenvalue weighted by Gasteiger charge is 2.13. The van der Waals surface area contributed by atoms with E-state index in [0.717, 1.165) is 16.9 Å². The molecule has 2 rings (SSSR count). The topological polar surface area (TPSA) is 56.8 Å². The van der Waals surface area contributed by atoms with Gasteiger partial charge in [0.1, 0.15) is 17.2 Å². The first kappa shape index (κ1) is 17.7. The van der Waals surface area contributed by atoms with Crippen molar-refractivity contribution in [2.24, 2.45) is 0 Å². The fraction of sp³-hybridized carbons (Fsp3) is 0.316. The van der Waals surface area contributed by atoms with Crippen molar-refractivity contribution in [1.29, 1.82) is 0 Å². The first-order valence-electron chi connectivity index (χ1n) is 7.72. The number of nitrogens with one attached hydrogen (secondary N) is 1. The standard InChI is InChI=1S/C19H23NO4/c1-13-5-7-17(23-3)14(11-13)9-10-20-19(21)16-12-15(22-2)6-8-18(16)24-4/h5-8,11-12H,9-10H2,1-4H3,(H,20,21). The maximum atomic E-state index is 12.4. The second kappa shape index (κ2) is 8.24. The van der Waals surface area contributed by atoms with E-state index < -0.39 is 0 Å². The molecule has 1 N–H and O–H groups in total. The van der Waals surface area contributed by atoms with Crippen molar-refractivity contribution in [3.63, 3.8) is 0 Å². The second-order valence-electron chi connectivity index (χ2n) is 5.39. The third-order valence-electron chi connectivity index (χ3n) is 3.77. The summed E-state index contributed by atoms with van der Waals surface area (Å²) in [5.41, 5.74) is 2.68. The van der Waals surface area contributed by atoms with Crippen molar-refractivity contribution < 1.29 is 19.0 Å². The molecule has 0 aliphatic carbocycles. The highest BCUT2D eigenvalue weighted by molar-refractivity contribution is 5.97. The molecule has 0 atom stereocenters. The number of aryl methyl sites for hydroxylation is 1. The Balaban J connectivity index is 2.05. The van der Waals surface area contributed by atoms with Crippen molar-refractivity contribution in [1.82, 2.24) is 5.32 Å². The lowest BCUT2D eigenvalue weighted by molar-refractivity contribution is 0.0950. The molecule has 24 heavy (non-hydrogen) atoms. The summed E-state index contributed by atoms with van der Waals surface area (Å²) in [4.78, 5) is 12.4. The van der Waals surface area contributed by atoms with Gasteiger partial charge in [-0.1, -0.05) is 17.7 Å². The Bertz CT molecular complexity index is 713. The summed E-state index contributed by atoms with van der Waals surface area (Å²) in [5, 5.41) is 2.91. The number of carbonyl (C=O) groups is 1. The SMILES string of the molecule is COc1ccc(OC)c(C(=O)NCCc2cc(C)ccc2OC)c1. The van der Waals surface area contributed by atoms with E-state index in [2.05, 4.69) is 11.4 Å². The van der Waals surface area contributed by atoms with E-state index >= 15 is 0 Å². The largest absolute Gasteiger partial charge is 0.497 e. The van der Waals surface area contributed by atoms with Gasteiger partial charge in [0.25, 0.3) is 5.91 Å². The van der Waals surface area contributed by atoms with Crippen LogP contribution in [0.5, 0.6) is 17.2 Å². The van der Waals surface area contributed by atoms with Gasteiger partial charge in [0, 0.05) is 6.54 Å². The number of rotatable bonds is 7. The maximum Gasteiger partial charge on any atom is 0.255 e. The quantitative estimate of drug-likeness (QED) is 0.848. The first-order chi connectivity index (χ1) is 11.6. The van der Waals surface area contributed by atoms with Gasteiger partial charge in [0.2, 0.25) is 0 Å². The van der Waals surface area contributed by atoms with Crippen LogP contribution in [-0.2, 0) is 6.42 Å². The van der Waals surface area contributed by atoms with Gasteiger partial charge < -0.3 is 19.5 Å². The Kier molecular flexibility index (Phi) is 6.07. The van der Waals surface area contributed by atoms with Crippen molar-refractivity contribution >= 4 is 5.91 Å². The van der Waals surface area contributed by atoms with Crippen LogP contribution in [0.15, 0.2) is 36.4 Å². The molecule has 0 fully saturated rings. The van der Waals surface area contributed by atoms with Crippen LogP contribution in [0.2, 0.25) is 0 Å². The molecule has 0 saturated heterocycles. The third-order valence-corrected chi connectivity index (χ3v) is 3.77. The summed E-state index contributed by atoms with van der Waals surface area (Å²) in [6.07, 6.45) is 0.683. The van der Waals surface area contributed by atoms with Crippen LogP contribution in [-0.4, -0.2) is 33.8 Å². The molecule has 5 nitrogen and oxygen atoms in total. The van der Waals surface area contributed by atoms with Crippen molar-refractivity contribution in [2.45, 2.75) is 13.3 Å². The lowest BCUT2D eigenvalue weighted by atomic mass is 10.1. The highest BCUT2D eigenvalue weighted by Crippen LogP contribution is 2.24. The molecule has 5 heteroatoms. The summed E-state index contributed by atoms with van der Waals surface area (Å²) in [6, 6.07) is 11.2. The zero-order valence-electron chi connectivity index (χ0n) is 14.5. The van der Waals surface area contributed by atoms with Crippen molar-refractivity contribution in [3.8, 4) is 17.2 Å². The fourth-order valence-electron chi connectivity index (χ4n) is 2.50. The number of carbonyl (C=O) groups excluding carboxylic acids is 1. The number of benzene rings is 2. The van der Waals surface area contributed by atoms with E-state index in [1.807, 2.05) is 19.1 Å². The van der Waals surface area contributed by atoms with Crippen LogP contribution in [0.4, 0.5) is 0 Å². The number of hydrogen-bond acceptors (Lipinski definition) is 4. The lowest BCUT2D eigenvalue weighted by Crippen LogP contribution is -2.26. The Morgan fingerprint density at radius 3 is 2.33 bits per heavy atom. The molecular formula is C19H23NO4. The smallest absolute Gasteiger partial charge is 0.255 e. The zero-order chi connectivity index (χ0) is 17.5. The fourth-order valence-corrected chi connectivity index (χ4v) is 2.50. The van der Waals surface area contributed by atoms with Gasteiger partial charge in [-0.3, -0.25) is 4.79 Å². The molecule has 128 valence electrons. The van der Waals surface area contributed by atoms with Gasteiger partial charge in [-0.2, -0.15) is 0 Å². The van der Waals surface area contributed by atoms with E-state index in [9.17, 15) is 4.79 Å². The number of amides is 1. The summed E-state index contributed by atoms with van der Waals surface area (Å²) in [7, 11) is 4.75. The number of methoxy groups -OCH3 is 3. The van der Waals surface area contributed by atoms with E-state index in [1.54, 1.807) is 32.4 Å². The molecule has 0 bridgehead atoms. The molecule has 1 amide bonds. The molecule has 0 aliphatic rings. The third kappa shape index (κ3) is 4.19. The normalized spacial score (nSPS) is 10.2. The molecule has 0 aliphatic heterocycles. The molecule has 0 saturated carbocycles. The predicted molar refractivity (Wildman–Crippen MR) is 93.3 cm³/mol. The van der Waals surface area contributed by atoms with E-state index in [-0.39, 0.29) is 5.91 Å². The summed E-state index contributed by atoms with van der Waals surface area (Å²) in [5.74, 6) is 1.76. The predicted octanol–water partition coefficient (Wildman–Crippen LogP) is 2.99. The second-order valence-corrected chi connectivity index (χ2v) is 5.39. The molecule has 0 unspecified atom stereocenters. The van der Waals surface area contributed by atoms with Gasteiger partial charge in [-0.25, -0.2) is 0 Å². The van der Waals surface area contributed by atoms with E-state index in [1.165, 1.54) is 7.11 Å². The summed E-state index contributed by atoms with van der Waals surface area (Å²) < 4.78 is 15.8. The Labute approximate surface area is 142 Å². The van der Waals surface area contributed by atoms with E-state index in [0.29, 0.717) is 30.0 Å². The van der Waals surface area contributed by atoms with Gasteiger partial charge in [0.05, 0.1) is 26.9 Å². The van der Waals surface area contributed by atoms with Crippen LogP contribution in [0.3, 0.4) is 0 Å². The molecule has 0 heterocycles. The summed E-state index contributed by atoms with van der Waals surface area (Å²) >= 11 is 0. The monoisotopic (exact) mass is 329 g/mol. The van der Waals surface area contributed by atoms with Crippen LogP contribution in [0.1, 0.15) is 21.5 Å². The van der Waals surface area contributed by atoms with Gasteiger partial charge in [-0.15, -0.1) is 0 Å². The Morgan fingerprint density at radius 2 is 1.67 bits per heavy atom. The highest BCUT2D eigenvalue weighted by atomic mass is 16.5. The van der Waals surface area contributed by atoms with Crippen molar-refractivity contribution in [2.75, 3.05) is 27.9 Å². The zero-order valence-corrected chi connectivity index (χ0v) is 14.5. The Hall–Kier alpha value is -2.69. The maximum absolute atomic E-state index is 12.4. The minimum absolute atomic E-state index is 0.197. The molecule has 0 aromatic heterocycles. The van der Waals surface area contributed by atoms with Gasteiger partial charge in [0.15, 0.2) is 0 Å². The molecule has 2 aromatic carbocycles. The van der Waals surface area contributed by atoms with Gasteiger partial charge >= 0.3 is 0 Å². The lowest BCUT2D eigenvalue weighted by Gasteiger charge is -2.12. The molecule has 0 spiro atoms. The molecule has 2 aromatic rings. The number of ether oxygens (including phenoxy) is 3. The summed E-state index contributed by atoms with van der Waals surface area (Å²) in [6.45, 7) is 2.53. The molecular weight excluding hydrogens is 306 g/mol. The van der Waals surface area contributed by atoms with Crippen LogP contribution < -0.4 is 19.5 Å². The van der Waals surface area contributed by atoms with Crippen molar-refractivity contribution in [3.05, 3.63) is 53.1 Å². The first-order valence-corrected chi connectivity index (χ1v) is 7.72. The average Bonchev–Trinajstić information content (AvgIpc) is 2.61. The van der Waals surface area contributed by atoms with E-state index in [4.69, 9.17) is 14.2 Å². The molecule has 0 radical (unpaired) electrons. The van der Waals surface area contributed by atoms with Crippen LogP contribution in [0, 0.1) is 6.92 Å². The Morgan fingerprint density at radius 1 is 0.958 bits per heavy atom. The van der Waals surface area contributed by atoms with Gasteiger partial charge in [-0.05, 0) is 43.2 Å². The van der Waals surface area contributed by atoms with Crippen LogP contribution >= 0.6 is 0 Å². The average molecular weight is 329 g/mol. The number of hydrogen-bond donors (Lipinski definition) is 1. The minimum atomic E-state index is -0.197.